The first-order valence-corrected chi connectivity index (χ1v) is 20.1. The first-order valence-electron chi connectivity index (χ1n) is 20.1. The van der Waals surface area contributed by atoms with Crippen molar-refractivity contribution in [2.75, 3.05) is 6.61 Å². The smallest absolute Gasteiger partial charge is 0.330 e. The Morgan fingerprint density at radius 3 is 2.02 bits per heavy atom. The van der Waals surface area contributed by atoms with Crippen molar-refractivity contribution >= 4 is 11.8 Å². The zero-order valence-electron chi connectivity index (χ0n) is 33.1. The van der Waals surface area contributed by atoms with Gasteiger partial charge in [0, 0.05) is 25.6 Å². The Bertz CT molecular complexity index is 1590. The van der Waals surface area contributed by atoms with Crippen LogP contribution in [0.25, 0.3) is 0 Å². The average Bonchev–Trinajstić information content (AvgIpc) is 3.46. The number of carbonyl (C=O) groups excluding carboxylic acids is 2. The Labute approximate surface area is 335 Å². The molecule has 3 aliphatic rings. The first kappa shape index (κ1) is 47.6. The lowest BCUT2D eigenvalue weighted by molar-refractivity contribution is -0.346. The fourth-order valence-corrected chi connectivity index (χ4v) is 7.45. The van der Waals surface area contributed by atoms with E-state index in [0.29, 0.717) is 12.3 Å². The monoisotopic (exact) mass is 830 g/mol. The molecule has 0 bridgehead atoms. The van der Waals surface area contributed by atoms with Gasteiger partial charge in [-0.3, -0.25) is 23.9 Å². The second kappa shape index (κ2) is 22.5. The molecule has 3 saturated heterocycles. The number of aromatic nitrogens is 2. The van der Waals surface area contributed by atoms with Crippen LogP contribution >= 0.6 is 0 Å². The van der Waals surface area contributed by atoms with E-state index in [1.807, 2.05) is 4.98 Å². The Morgan fingerprint density at radius 2 is 1.41 bits per heavy atom. The van der Waals surface area contributed by atoms with E-state index in [1.54, 1.807) is 6.08 Å². The van der Waals surface area contributed by atoms with Crippen LogP contribution in [-0.4, -0.2) is 155 Å². The molecule has 20 nitrogen and oxygen atoms in total. The van der Waals surface area contributed by atoms with Crippen LogP contribution in [0.2, 0.25) is 0 Å². The lowest BCUT2D eigenvalue weighted by Crippen LogP contribution is -2.68. The second-order valence-corrected chi connectivity index (χ2v) is 15.8. The van der Waals surface area contributed by atoms with Gasteiger partial charge in [-0.1, -0.05) is 64.9 Å². The molecule has 0 aromatic carbocycles. The number of unbranched alkanes of at least 4 members (excludes halogenated alkanes) is 7. The molecule has 4 heterocycles. The number of hydrogen-bond donors (Lipinski definition) is 11. The molecule has 58 heavy (non-hydrogen) atoms. The minimum Gasteiger partial charge on any atom is -0.394 e. The molecule has 0 radical (unpaired) electrons. The van der Waals surface area contributed by atoms with Crippen molar-refractivity contribution in [3.8, 4) is 0 Å². The number of carbonyl (C=O) groups is 2. The second-order valence-electron chi connectivity index (χ2n) is 15.8. The third kappa shape index (κ3) is 12.7. The predicted molar refractivity (Wildman–Crippen MR) is 202 cm³/mol. The number of ether oxygens (including phenoxy) is 4. The average molecular weight is 831 g/mol. The predicted octanol–water partition coefficient (Wildman–Crippen LogP) is -2.48. The number of nitrogens with zero attached hydrogens (tertiary/aromatic N) is 1. The molecule has 1 aromatic rings. The van der Waals surface area contributed by atoms with Gasteiger partial charge in [0.15, 0.2) is 18.8 Å². The van der Waals surface area contributed by atoms with Crippen LogP contribution in [0.4, 0.5) is 0 Å². The fraction of sp³-hybridized carbons (Fsp3) is 0.789. The van der Waals surface area contributed by atoms with Gasteiger partial charge in [0.05, 0.1) is 18.8 Å². The maximum atomic E-state index is 13.1. The Hall–Kier alpha value is -3.12. The number of amides is 2. The number of hydrogen-bond acceptors (Lipinski definition) is 16. The van der Waals surface area contributed by atoms with Crippen LogP contribution in [0.15, 0.2) is 34.0 Å². The standard InChI is InChI=1S/C38H62N4O16/c1-19(2)13-11-9-7-5-4-6-8-10-12-14-24(46)40-27-31(51)28(48)22(55-37(27)58-36-26(39-20(3)44)30(50)29(49)23(18-43)56-36)17-21(45)34-32(52)33(53)35(57-34)42-16-15-25(47)41-38(42)54/h12,14-16,19,21-23,26-37,43,45,48-53H,4-11,13,17-18H2,1-3H3,(H,39,44)(H,40,46)(H,41,47,54)/b14-12+/t21?,22-,23-,26-,27-,28+,29-,30-,31-,32+,33-,34-,35-,36-,37+/m1/s1. The highest BCUT2D eigenvalue weighted by Crippen LogP contribution is 2.34. The Kier molecular flexibility index (Phi) is 18.4. The van der Waals surface area contributed by atoms with Crippen LogP contribution in [0.3, 0.4) is 0 Å². The Morgan fingerprint density at radius 1 is 0.828 bits per heavy atom. The van der Waals surface area contributed by atoms with Gasteiger partial charge in [0.2, 0.25) is 11.8 Å². The molecule has 0 saturated carbocycles. The number of aromatic amines is 1. The zero-order valence-corrected chi connectivity index (χ0v) is 33.1. The summed E-state index contributed by atoms with van der Waals surface area (Å²) < 4.78 is 24.1. The van der Waals surface area contributed by atoms with Crippen molar-refractivity contribution in [2.24, 2.45) is 5.92 Å². The highest BCUT2D eigenvalue weighted by molar-refractivity contribution is 5.87. The normalized spacial score (nSPS) is 34.7. The van der Waals surface area contributed by atoms with E-state index in [2.05, 4.69) is 24.5 Å². The van der Waals surface area contributed by atoms with Crippen LogP contribution in [-0.2, 0) is 28.5 Å². The third-order valence-electron chi connectivity index (χ3n) is 10.7. The summed E-state index contributed by atoms with van der Waals surface area (Å²) in [6.07, 6.45) is -8.97. The van der Waals surface area contributed by atoms with Crippen molar-refractivity contribution in [3.05, 3.63) is 45.3 Å². The van der Waals surface area contributed by atoms with Crippen molar-refractivity contribution in [1.82, 2.24) is 20.2 Å². The van der Waals surface area contributed by atoms with Gasteiger partial charge in [0.1, 0.15) is 60.9 Å². The van der Waals surface area contributed by atoms with Crippen molar-refractivity contribution in [2.45, 2.75) is 177 Å². The van der Waals surface area contributed by atoms with E-state index in [0.717, 1.165) is 49.4 Å². The van der Waals surface area contributed by atoms with Gasteiger partial charge >= 0.3 is 5.69 Å². The SMILES string of the molecule is CC(=O)N[C@H]1[C@@H](O[C@@H]2O[C@H](CC(O)[C@H]3O[C@@H](n4ccc(=O)[nH]c4=O)[C@H](O)[C@@H]3O)[C@H](O)[C@H](O)[C@H]2NC(=O)/C=C/CCCCCCCCCC(C)C)O[C@H](CO)[C@@H](O)[C@@H]1O. The lowest BCUT2D eigenvalue weighted by Gasteiger charge is -2.47. The zero-order chi connectivity index (χ0) is 42.7. The van der Waals surface area contributed by atoms with Crippen LogP contribution in [0.1, 0.15) is 91.2 Å². The van der Waals surface area contributed by atoms with Crippen LogP contribution in [0, 0.1) is 5.92 Å². The van der Waals surface area contributed by atoms with E-state index in [9.17, 15) is 60.0 Å². The van der Waals surface area contributed by atoms with Crippen molar-refractivity contribution in [3.63, 3.8) is 0 Å². The number of allylic oxidation sites excluding steroid dienone is 1. The first-order chi connectivity index (χ1) is 27.5. The van der Waals surface area contributed by atoms with Gasteiger partial charge in [-0.15, -0.1) is 0 Å². The molecule has 330 valence electrons. The summed E-state index contributed by atoms with van der Waals surface area (Å²) in [5.41, 5.74) is -1.68. The summed E-state index contributed by atoms with van der Waals surface area (Å²) in [7, 11) is 0. The number of nitrogens with one attached hydrogen (secondary N) is 3. The van der Waals surface area contributed by atoms with E-state index in [1.165, 1.54) is 31.8 Å². The van der Waals surface area contributed by atoms with Crippen molar-refractivity contribution < 1.29 is 69.4 Å². The summed E-state index contributed by atoms with van der Waals surface area (Å²) in [4.78, 5) is 51.1. The summed E-state index contributed by atoms with van der Waals surface area (Å²) in [6, 6.07) is -2.01. The highest BCUT2D eigenvalue weighted by atomic mass is 16.8. The van der Waals surface area contributed by atoms with Gasteiger partial charge in [-0.2, -0.15) is 0 Å². The molecule has 3 fully saturated rings. The van der Waals surface area contributed by atoms with E-state index < -0.39 is 128 Å². The quantitative estimate of drug-likeness (QED) is 0.0479. The molecule has 20 heteroatoms. The molecule has 1 unspecified atom stereocenters. The van der Waals surface area contributed by atoms with Crippen LogP contribution < -0.4 is 21.9 Å². The lowest BCUT2D eigenvalue weighted by atomic mass is 9.91. The number of H-pyrrole nitrogens is 1. The van der Waals surface area contributed by atoms with E-state index in [-0.39, 0.29) is 0 Å². The molecule has 2 amide bonds. The van der Waals surface area contributed by atoms with Crippen LogP contribution in [0.5, 0.6) is 0 Å². The minimum absolute atomic E-state index is 0.598. The number of aliphatic hydroxyl groups excluding tert-OH is 8. The van der Waals surface area contributed by atoms with Crippen molar-refractivity contribution in [1.29, 1.82) is 0 Å². The molecular formula is C38H62N4O16. The van der Waals surface area contributed by atoms with Gasteiger partial charge < -0.3 is 70.4 Å². The highest BCUT2D eigenvalue weighted by Gasteiger charge is 2.53. The molecule has 15 atom stereocenters. The fourth-order valence-electron chi connectivity index (χ4n) is 7.45. The molecular weight excluding hydrogens is 768 g/mol. The summed E-state index contributed by atoms with van der Waals surface area (Å²) in [6.45, 7) is 4.78. The van der Waals surface area contributed by atoms with Gasteiger partial charge in [-0.05, 0) is 24.8 Å². The minimum atomic E-state index is -1.85. The Balaban J connectivity index is 1.46. The summed E-state index contributed by atoms with van der Waals surface area (Å²) >= 11 is 0. The van der Waals surface area contributed by atoms with E-state index in [4.69, 9.17) is 18.9 Å². The maximum absolute atomic E-state index is 13.1. The largest absolute Gasteiger partial charge is 0.394 e. The molecule has 0 aliphatic carbocycles. The summed E-state index contributed by atoms with van der Waals surface area (Å²) in [5.74, 6) is -0.641. The molecule has 4 rings (SSSR count). The summed E-state index contributed by atoms with van der Waals surface area (Å²) in [5, 5.41) is 91.4. The topological polar surface area (TPSA) is 312 Å². The number of aliphatic hydroxyl groups is 8. The van der Waals surface area contributed by atoms with E-state index >= 15 is 0 Å². The van der Waals surface area contributed by atoms with Gasteiger partial charge in [0.25, 0.3) is 5.56 Å². The third-order valence-corrected chi connectivity index (χ3v) is 10.7. The molecule has 1 aromatic heterocycles. The van der Waals surface area contributed by atoms with Gasteiger partial charge in [-0.25, -0.2) is 4.79 Å². The maximum Gasteiger partial charge on any atom is 0.330 e. The molecule has 3 aliphatic heterocycles. The number of rotatable bonds is 20. The molecule has 0 spiro atoms. The molecule has 11 N–H and O–H groups in total.